The number of amides is 1. The Balaban J connectivity index is 1.69. The maximum atomic E-state index is 13.5. The lowest BCUT2D eigenvalue weighted by Crippen LogP contribution is -2.52. The number of aromatic nitrogens is 2. The largest absolute Gasteiger partial charge is 0.463 e. The van der Waals surface area contributed by atoms with Crippen molar-refractivity contribution in [2.24, 2.45) is 5.41 Å². The summed E-state index contributed by atoms with van der Waals surface area (Å²) in [6.07, 6.45) is -4.36. The summed E-state index contributed by atoms with van der Waals surface area (Å²) in [6.45, 7) is 2.93. The predicted octanol–water partition coefficient (Wildman–Crippen LogP) is 6.64. The lowest BCUT2D eigenvalue weighted by molar-refractivity contribution is -0.269. The summed E-state index contributed by atoms with van der Waals surface area (Å²) in [5, 5.41) is 6.93. The lowest BCUT2D eigenvalue weighted by Gasteiger charge is -2.36. The van der Waals surface area contributed by atoms with Gasteiger partial charge in [-0.05, 0) is 52.9 Å². The smallest absolute Gasteiger partial charge is 0.350 e. The van der Waals surface area contributed by atoms with E-state index in [0.29, 0.717) is 5.69 Å². The quantitative estimate of drug-likeness (QED) is 0.279. The van der Waals surface area contributed by atoms with Gasteiger partial charge in [0.1, 0.15) is 5.82 Å². The molecule has 10 heteroatoms. The molecule has 1 unspecified atom stereocenters. The number of nitrogens with zero attached hydrogens (tertiary/aromatic N) is 2. The van der Waals surface area contributed by atoms with Gasteiger partial charge >= 0.3 is 12.1 Å². The number of fused-ring (bicyclic) bond motifs is 1. The molecular weight excluding hydrogens is 496 g/mol. The lowest BCUT2D eigenvalue weighted by atomic mass is 9.71. The van der Waals surface area contributed by atoms with Crippen LogP contribution in [0.5, 0.6) is 0 Å². The molecule has 37 heavy (non-hydrogen) atoms. The maximum Gasteiger partial charge on any atom is 0.463 e. The highest BCUT2D eigenvalue weighted by Gasteiger charge is 2.63. The third kappa shape index (κ3) is 5.19. The van der Waals surface area contributed by atoms with Crippen LogP contribution in [0.3, 0.4) is 0 Å². The number of alkyl halides is 5. The molecule has 1 N–H and O–H groups in total. The van der Waals surface area contributed by atoms with Crippen LogP contribution < -0.4 is 5.32 Å². The van der Waals surface area contributed by atoms with Gasteiger partial charge in [-0.2, -0.15) is 27.1 Å². The Morgan fingerprint density at radius 2 is 1.57 bits per heavy atom. The van der Waals surface area contributed by atoms with Crippen LogP contribution in [0.4, 0.5) is 26.3 Å². The van der Waals surface area contributed by atoms with Crippen molar-refractivity contribution in [2.45, 2.75) is 31.9 Å². The zero-order valence-electron chi connectivity index (χ0n) is 19.9. The molecule has 0 aliphatic rings. The predicted molar refractivity (Wildman–Crippen MR) is 127 cm³/mol. The zero-order chi connectivity index (χ0) is 27.0. The monoisotopic (exact) mass is 519 g/mol. The Morgan fingerprint density at radius 1 is 0.919 bits per heavy atom. The molecule has 0 saturated carbocycles. The van der Waals surface area contributed by atoms with Gasteiger partial charge in [0.25, 0.3) is 5.91 Å². The minimum atomic E-state index is -5.99. The van der Waals surface area contributed by atoms with Crippen LogP contribution in [0.2, 0.25) is 0 Å². The van der Waals surface area contributed by atoms with Gasteiger partial charge in [-0.25, -0.2) is 9.07 Å². The second-order valence-electron chi connectivity index (χ2n) is 9.44. The Hall–Kier alpha value is -3.82. The number of rotatable bonds is 7. The summed E-state index contributed by atoms with van der Waals surface area (Å²) in [4.78, 5) is 11.8. The summed E-state index contributed by atoms with van der Waals surface area (Å²) in [5.41, 5.74) is 1.95. The van der Waals surface area contributed by atoms with E-state index in [9.17, 15) is 31.1 Å². The zero-order valence-corrected chi connectivity index (χ0v) is 19.9. The minimum absolute atomic E-state index is 0.379. The number of nitrogens with one attached hydrogen (secondary N) is 1. The molecule has 3 aromatic carbocycles. The number of carbonyl (C=O) groups excluding carboxylic acids is 1. The van der Waals surface area contributed by atoms with E-state index in [1.807, 2.05) is 30.3 Å². The molecule has 1 atom stereocenters. The maximum absolute atomic E-state index is 13.5. The number of benzene rings is 3. The molecule has 0 radical (unpaired) electrons. The van der Waals surface area contributed by atoms with E-state index in [4.69, 9.17) is 0 Å². The Labute approximate surface area is 208 Å². The second kappa shape index (κ2) is 9.57. The van der Waals surface area contributed by atoms with Crippen molar-refractivity contribution >= 4 is 16.8 Å². The summed E-state index contributed by atoms with van der Waals surface area (Å²) >= 11 is 0. The normalized spacial score (nSPS) is 13.5. The van der Waals surface area contributed by atoms with E-state index < -0.39 is 35.9 Å². The van der Waals surface area contributed by atoms with Gasteiger partial charge in [-0.15, -0.1) is 0 Å². The molecule has 1 amide bonds. The minimum Gasteiger partial charge on any atom is -0.350 e. The third-order valence-corrected chi connectivity index (χ3v) is 6.26. The van der Waals surface area contributed by atoms with E-state index in [-0.39, 0.29) is 5.82 Å². The van der Waals surface area contributed by atoms with Crippen LogP contribution in [-0.2, 0) is 4.79 Å². The van der Waals surface area contributed by atoms with E-state index in [1.165, 1.54) is 12.1 Å². The molecule has 4 aromatic rings. The fraction of sp³-hybridized carbons (Fsp3) is 0.259. The first kappa shape index (κ1) is 26.2. The number of hydrogen-bond acceptors (Lipinski definition) is 2. The number of carbonyl (C=O) groups is 1. The van der Waals surface area contributed by atoms with Crippen LogP contribution >= 0.6 is 0 Å². The molecule has 4 rings (SSSR count). The van der Waals surface area contributed by atoms with Gasteiger partial charge in [0.05, 0.1) is 17.4 Å². The van der Waals surface area contributed by atoms with Gasteiger partial charge < -0.3 is 5.32 Å². The van der Waals surface area contributed by atoms with E-state index in [2.05, 4.69) is 5.10 Å². The Morgan fingerprint density at radius 3 is 2.19 bits per heavy atom. The molecule has 1 aromatic heterocycles. The van der Waals surface area contributed by atoms with Gasteiger partial charge in [0.2, 0.25) is 0 Å². The van der Waals surface area contributed by atoms with Crippen molar-refractivity contribution in [3.63, 3.8) is 0 Å². The molecule has 0 saturated heterocycles. The average molecular weight is 519 g/mol. The van der Waals surface area contributed by atoms with Crippen LogP contribution in [-0.4, -0.2) is 34.3 Å². The Bertz CT molecular complexity index is 1400. The first-order valence-corrected chi connectivity index (χ1v) is 11.3. The Kier molecular flexibility index (Phi) is 6.79. The molecule has 0 spiro atoms. The summed E-state index contributed by atoms with van der Waals surface area (Å²) in [6, 6.07) is 20.3. The molecule has 1 heterocycles. The van der Waals surface area contributed by atoms with Crippen molar-refractivity contribution in [1.29, 1.82) is 0 Å². The van der Waals surface area contributed by atoms with Crippen molar-refractivity contribution in [3.8, 4) is 5.69 Å². The molecule has 0 bridgehead atoms. The fourth-order valence-corrected chi connectivity index (χ4v) is 4.41. The fourth-order valence-electron chi connectivity index (χ4n) is 4.41. The van der Waals surface area contributed by atoms with Gasteiger partial charge in [-0.3, -0.25) is 4.79 Å². The van der Waals surface area contributed by atoms with Crippen molar-refractivity contribution < 1.29 is 31.1 Å². The third-order valence-electron chi connectivity index (χ3n) is 6.26. The highest BCUT2D eigenvalue weighted by molar-refractivity contribution is 5.84. The van der Waals surface area contributed by atoms with Crippen LogP contribution in [0.1, 0.15) is 30.9 Å². The molecule has 194 valence electrons. The summed E-state index contributed by atoms with van der Waals surface area (Å²) in [5.74, 6) is -8.75. The first-order valence-electron chi connectivity index (χ1n) is 11.3. The van der Waals surface area contributed by atoms with Crippen molar-refractivity contribution in [3.05, 3.63) is 95.9 Å². The van der Waals surface area contributed by atoms with Crippen LogP contribution in [0, 0.1) is 11.2 Å². The van der Waals surface area contributed by atoms with E-state index in [0.717, 1.165) is 22.0 Å². The molecule has 0 aliphatic heterocycles. The second-order valence-corrected chi connectivity index (χ2v) is 9.44. The van der Waals surface area contributed by atoms with Crippen molar-refractivity contribution in [2.75, 3.05) is 6.54 Å². The number of halogens is 6. The van der Waals surface area contributed by atoms with Crippen LogP contribution in [0.25, 0.3) is 16.6 Å². The molecular formula is C27H23F6N3O. The standard InChI is InChI=1S/C27H23F6N3O/c1-25(2,16-34-24(37)26(29,30)27(31,32)33)23(17-6-4-3-5-7-17)18-8-13-22-19(14-18)15-35-36(22)21-11-9-20(28)10-12-21/h3-15,23H,16H2,1-2H3,(H,34,37). The van der Waals surface area contributed by atoms with E-state index in [1.54, 1.807) is 60.4 Å². The SMILES string of the molecule is CC(C)(CNC(=O)C(F)(F)C(F)(F)F)C(c1ccccc1)c1ccc2c(cnn2-c2ccc(F)cc2)c1. The first-order chi connectivity index (χ1) is 17.3. The van der Waals surface area contributed by atoms with Gasteiger partial charge in [0.15, 0.2) is 0 Å². The number of hydrogen-bond donors (Lipinski definition) is 1. The van der Waals surface area contributed by atoms with Gasteiger partial charge in [0, 0.05) is 17.8 Å². The molecule has 0 aliphatic carbocycles. The highest BCUT2D eigenvalue weighted by atomic mass is 19.4. The molecule has 0 fully saturated rings. The molecule has 4 nitrogen and oxygen atoms in total. The van der Waals surface area contributed by atoms with Crippen molar-refractivity contribution in [1.82, 2.24) is 15.1 Å². The summed E-state index contributed by atoms with van der Waals surface area (Å²) < 4.78 is 80.0. The highest BCUT2D eigenvalue weighted by Crippen LogP contribution is 2.42. The average Bonchev–Trinajstić information content (AvgIpc) is 3.26. The van der Waals surface area contributed by atoms with Gasteiger partial charge in [-0.1, -0.05) is 50.2 Å². The van der Waals surface area contributed by atoms with Crippen LogP contribution in [0.15, 0.2) is 79.0 Å². The van der Waals surface area contributed by atoms with E-state index >= 15 is 0 Å². The summed E-state index contributed by atoms with van der Waals surface area (Å²) in [7, 11) is 0. The topological polar surface area (TPSA) is 46.9 Å².